The highest BCUT2D eigenvalue weighted by molar-refractivity contribution is 9.09. The van der Waals surface area contributed by atoms with Gasteiger partial charge in [-0.25, -0.2) is 9.67 Å². The summed E-state index contributed by atoms with van der Waals surface area (Å²) >= 11 is 3.48. The average molecular weight is 307 g/mol. The van der Waals surface area contributed by atoms with Gasteiger partial charge in [0, 0.05) is 23.5 Å². The van der Waals surface area contributed by atoms with Gasteiger partial charge in [-0.1, -0.05) is 15.9 Å². The Hall–Kier alpha value is -1.69. The summed E-state index contributed by atoms with van der Waals surface area (Å²) in [6.07, 6.45) is 3.70. The fraction of sp³-hybridized carbons (Fsp3) is 0.250. The van der Waals surface area contributed by atoms with E-state index in [1.807, 2.05) is 24.3 Å². The van der Waals surface area contributed by atoms with Crippen molar-refractivity contribution in [3.8, 4) is 5.69 Å². The van der Waals surface area contributed by atoms with Crippen molar-refractivity contribution in [1.29, 1.82) is 0 Å². The second-order valence-electron chi connectivity index (χ2n) is 4.16. The molecular weight excluding hydrogens is 296 g/mol. The van der Waals surface area contributed by atoms with Crippen LogP contribution in [0.15, 0.2) is 36.9 Å². The normalized spacial score (nSPS) is 19.5. The highest BCUT2D eigenvalue weighted by Crippen LogP contribution is 2.25. The van der Waals surface area contributed by atoms with Crippen molar-refractivity contribution in [2.75, 3.05) is 11.4 Å². The first-order valence-electron chi connectivity index (χ1n) is 5.63. The standard InChI is InChI=1S/C12H11BrN4O/c13-9-5-12(18)16(6-9)10-1-3-11(4-2-10)17-8-14-7-15-17/h1-4,7-9H,5-6H2. The molecule has 1 saturated heterocycles. The van der Waals surface area contributed by atoms with E-state index in [0.717, 1.165) is 17.9 Å². The Labute approximate surface area is 113 Å². The Kier molecular flexibility index (Phi) is 2.87. The minimum Gasteiger partial charge on any atom is -0.311 e. The third-order valence-corrected chi connectivity index (χ3v) is 3.54. The van der Waals surface area contributed by atoms with E-state index in [-0.39, 0.29) is 10.7 Å². The number of anilines is 1. The van der Waals surface area contributed by atoms with Crippen LogP contribution in [-0.2, 0) is 4.79 Å². The summed E-state index contributed by atoms with van der Waals surface area (Å²) in [5.74, 6) is 0.158. The number of halogens is 1. The van der Waals surface area contributed by atoms with Crippen LogP contribution in [0.3, 0.4) is 0 Å². The number of aromatic nitrogens is 3. The van der Waals surface area contributed by atoms with Gasteiger partial charge >= 0.3 is 0 Å². The predicted octanol–water partition coefficient (Wildman–Crippen LogP) is 1.77. The fourth-order valence-electron chi connectivity index (χ4n) is 2.04. The van der Waals surface area contributed by atoms with Crippen molar-refractivity contribution in [1.82, 2.24) is 14.8 Å². The molecule has 92 valence electrons. The summed E-state index contributed by atoms with van der Waals surface area (Å²) < 4.78 is 1.68. The molecule has 18 heavy (non-hydrogen) atoms. The number of nitrogens with zero attached hydrogens (tertiary/aromatic N) is 4. The number of carbonyl (C=O) groups is 1. The van der Waals surface area contributed by atoms with Crippen molar-refractivity contribution in [3.05, 3.63) is 36.9 Å². The number of rotatable bonds is 2. The molecule has 0 saturated carbocycles. The molecule has 0 spiro atoms. The Morgan fingerprint density at radius 3 is 2.50 bits per heavy atom. The van der Waals surface area contributed by atoms with Crippen LogP contribution < -0.4 is 4.90 Å². The maximum absolute atomic E-state index is 11.8. The molecule has 1 atom stereocenters. The van der Waals surface area contributed by atoms with E-state index < -0.39 is 0 Å². The first kappa shape index (κ1) is 11.4. The van der Waals surface area contributed by atoms with Gasteiger partial charge < -0.3 is 4.90 Å². The van der Waals surface area contributed by atoms with Crippen molar-refractivity contribution in [2.45, 2.75) is 11.2 Å². The molecule has 1 aromatic carbocycles. The van der Waals surface area contributed by atoms with Gasteiger partial charge in [-0.3, -0.25) is 4.79 Å². The zero-order valence-electron chi connectivity index (χ0n) is 9.53. The lowest BCUT2D eigenvalue weighted by Gasteiger charge is -2.16. The van der Waals surface area contributed by atoms with E-state index in [2.05, 4.69) is 26.0 Å². The quantitative estimate of drug-likeness (QED) is 0.795. The van der Waals surface area contributed by atoms with Crippen LogP contribution in [0.25, 0.3) is 5.69 Å². The summed E-state index contributed by atoms with van der Waals surface area (Å²) in [5, 5.41) is 4.06. The van der Waals surface area contributed by atoms with Crippen molar-refractivity contribution < 1.29 is 4.79 Å². The molecule has 1 amide bonds. The summed E-state index contributed by atoms with van der Waals surface area (Å²) in [5.41, 5.74) is 1.85. The van der Waals surface area contributed by atoms with Gasteiger partial charge in [0.1, 0.15) is 12.7 Å². The molecule has 0 bridgehead atoms. The minimum absolute atomic E-state index is 0.158. The van der Waals surface area contributed by atoms with Crippen LogP contribution in [0.1, 0.15) is 6.42 Å². The largest absolute Gasteiger partial charge is 0.311 e. The number of hydrogen-bond acceptors (Lipinski definition) is 3. The summed E-state index contributed by atoms with van der Waals surface area (Å²) in [6.45, 7) is 0.724. The monoisotopic (exact) mass is 306 g/mol. The topological polar surface area (TPSA) is 51.0 Å². The lowest BCUT2D eigenvalue weighted by Crippen LogP contribution is -2.24. The highest BCUT2D eigenvalue weighted by Gasteiger charge is 2.28. The number of hydrogen-bond donors (Lipinski definition) is 0. The van der Waals surface area contributed by atoms with Gasteiger partial charge in [-0.05, 0) is 24.3 Å². The maximum Gasteiger partial charge on any atom is 0.228 e. The molecule has 0 aliphatic carbocycles. The van der Waals surface area contributed by atoms with Gasteiger partial charge in [-0.2, -0.15) is 5.10 Å². The van der Waals surface area contributed by atoms with Gasteiger partial charge in [0.2, 0.25) is 5.91 Å². The Balaban J connectivity index is 1.85. The molecule has 2 aromatic rings. The summed E-state index contributed by atoms with van der Waals surface area (Å²) in [4.78, 5) is 17.7. The number of benzene rings is 1. The second kappa shape index (κ2) is 4.53. The molecule has 3 rings (SSSR count). The fourth-order valence-corrected chi connectivity index (χ4v) is 2.61. The Morgan fingerprint density at radius 2 is 1.94 bits per heavy atom. The Bertz CT molecular complexity index is 552. The average Bonchev–Trinajstić information content (AvgIpc) is 2.99. The van der Waals surface area contributed by atoms with Crippen LogP contribution in [0.2, 0.25) is 0 Å². The predicted molar refractivity (Wildman–Crippen MR) is 71.0 cm³/mol. The van der Waals surface area contributed by atoms with E-state index >= 15 is 0 Å². The van der Waals surface area contributed by atoms with Gasteiger partial charge in [0.25, 0.3) is 0 Å². The first-order valence-corrected chi connectivity index (χ1v) is 6.55. The molecule has 0 radical (unpaired) electrons. The first-order chi connectivity index (χ1) is 8.74. The second-order valence-corrected chi connectivity index (χ2v) is 5.46. The number of carbonyl (C=O) groups excluding carboxylic acids is 1. The molecule has 0 N–H and O–H groups in total. The maximum atomic E-state index is 11.8. The molecule has 1 fully saturated rings. The van der Waals surface area contributed by atoms with Crippen LogP contribution in [0.5, 0.6) is 0 Å². The lowest BCUT2D eigenvalue weighted by atomic mass is 10.2. The van der Waals surface area contributed by atoms with Crippen molar-refractivity contribution in [3.63, 3.8) is 0 Å². The zero-order chi connectivity index (χ0) is 12.5. The smallest absolute Gasteiger partial charge is 0.228 e. The molecule has 1 unspecified atom stereocenters. The van der Waals surface area contributed by atoms with Crippen LogP contribution in [0, 0.1) is 0 Å². The van der Waals surface area contributed by atoms with Gasteiger partial charge in [0.05, 0.1) is 5.69 Å². The van der Waals surface area contributed by atoms with Gasteiger partial charge in [-0.15, -0.1) is 0 Å². The number of alkyl halides is 1. The molecule has 2 heterocycles. The van der Waals surface area contributed by atoms with E-state index in [0.29, 0.717) is 6.42 Å². The van der Waals surface area contributed by atoms with E-state index in [1.165, 1.54) is 6.33 Å². The minimum atomic E-state index is 0.158. The third-order valence-electron chi connectivity index (χ3n) is 2.92. The molecule has 6 heteroatoms. The zero-order valence-corrected chi connectivity index (χ0v) is 11.1. The van der Waals surface area contributed by atoms with Crippen molar-refractivity contribution >= 4 is 27.5 Å². The van der Waals surface area contributed by atoms with E-state index in [1.54, 1.807) is 15.9 Å². The van der Waals surface area contributed by atoms with Crippen molar-refractivity contribution in [2.24, 2.45) is 0 Å². The van der Waals surface area contributed by atoms with Gasteiger partial charge in [0.15, 0.2) is 0 Å². The molecular formula is C12H11BrN4O. The summed E-state index contributed by atoms with van der Waals surface area (Å²) in [7, 11) is 0. The molecule has 1 aliphatic heterocycles. The summed E-state index contributed by atoms with van der Waals surface area (Å²) in [6, 6.07) is 7.72. The highest BCUT2D eigenvalue weighted by atomic mass is 79.9. The van der Waals surface area contributed by atoms with E-state index in [9.17, 15) is 4.79 Å². The lowest BCUT2D eigenvalue weighted by molar-refractivity contribution is -0.117. The molecule has 1 aromatic heterocycles. The molecule has 1 aliphatic rings. The third kappa shape index (κ3) is 2.03. The Morgan fingerprint density at radius 1 is 1.22 bits per heavy atom. The van der Waals surface area contributed by atoms with Crippen LogP contribution in [-0.4, -0.2) is 32.0 Å². The van der Waals surface area contributed by atoms with E-state index in [4.69, 9.17) is 0 Å². The SMILES string of the molecule is O=C1CC(Br)CN1c1ccc(-n2cncn2)cc1. The van der Waals surface area contributed by atoms with Crippen LogP contribution in [0.4, 0.5) is 5.69 Å². The van der Waals surface area contributed by atoms with Crippen LogP contribution >= 0.6 is 15.9 Å². The number of amides is 1. The molecule has 5 nitrogen and oxygen atoms in total.